The molecule has 0 aliphatic heterocycles. The van der Waals surface area contributed by atoms with Crippen molar-refractivity contribution in [3.05, 3.63) is 35.4 Å². The standard InChI is InChI=1S/C16H25N/c1-17-13-12-14-8-10-16(11-9-14)15-6-4-2-3-5-7-15/h8-11,15,17H,2-7,12-13H2,1H3. The Labute approximate surface area is 106 Å². The molecule has 1 aliphatic carbocycles. The molecule has 1 saturated carbocycles. The highest BCUT2D eigenvalue weighted by Gasteiger charge is 2.13. The number of likely N-dealkylation sites (N-methyl/N-ethyl adjacent to an activating group) is 1. The Balaban J connectivity index is 1.96. The Morgan fingerprint density at radius 2 is 1.65 bits per heavy atom. The first-order chi connectivity index (χ1) is 8.40. The van der Waals surface area contributed by atoms with Crippen LogP contribution in [0.5, 0.6) is 0 Å². The third-order valence-corrected chi connectivity index (χ3v) is 3.97. The summed E-state index contributed by atoms with van der Waals surface area (Å²) in [4.78, 5) is 0. The van der Waals surface area contributed by atoms with Crippen LogP contribution in [0, 0.1) is 0 Å². The topological polar surface area (TPSA) is 12.0 Å². The SMILES string of the molecule is CNCCc1ccc(C2CCCCCC2)cc1. The highest BCUT2D eigenvalue weighted by molar-refractivity contribution is 5.25. The van der Waals surface area contributed by atoms with E-state index in [-0.39, 0.29) is 0 Å². The average Bonchev–Trinajstić information content (AvgIpc) is 2.66. The zero-order valence-electron chi connectivity index (χ0n) is 11.0. The lowest BCUT2D eigenvalue weighted by Crippen LogP contribution is -2.10. The van der Waals surface area contributed by atoms with Crippen LogP contribution in [-0.4, -0.2) is 13.6 Å². The van der Waals surface area contributed by atoms with Crippen molar-refractivity contribution in [1.82, 2.24) is 5.32 Å². The first kappa shape index (κ1) is 12.6. The van der Waals surface area contributed by atoms with Crippen molar-refractivity contribution in [3.63, 3.8) is 0 Å². The maximum absolute atomic E-state index is 3.20. The van der Waals surface area contributed by atoms with Crippen molar-refractivity contribution in [2.24, 2.45) is 0 Å². The second-order valence-electron chi connectivity index (χ2n) is 5.28. The van der Waals surface area contributed by atoms with Gasteiger partial charge in [-0.3, -0.25) is 0 Å². The Morgan fingerprint density at radius 3 is 2.24 bits per heavy atom. The van der Waals surface area contributed by atoms with E-state index in [9.17, 15) is 0 Å². The molecule has 1 N–H and O–H groups in total. The van der Waals surface area contributed by atoms with Crippen molar-refractivity contribution >= 4 is 0 Å². The molecule has 0 radical (unpaired) electrons. The Morgan fingerprint density at radius 1 is 1.00 bits per heavy atom. The summed E-state index contributed by atoms with van der Waals surface area (Å²) in [6.07, 6.45) is 9.67. The van der Waals surface area contributed by atoms with Crippen LogP contribution in [0.3, 0.4) is 0 Å². The van der Waals surface area contributed by atoms with Gasteiger partial charge < -0.3 is 5.32 Å². The predicted molar refractivity (Wildman–Crippen MR) is 74.5 cm³/mol. The van der Waals surface area contributed by atoms with E-state index in [4.69, 9.17) is 0 Å². The van der Waals surface area contributed by atoms with E-state index in [1.807, 2.05) is 7.05 Å². The van der Waals surface area contributed by atoms with Crippen LogP contribution in [0.15, 0.2) is 24.3 Å². The highest BCUT2D eigenvalue weighted by Crippen LogP contribution is 2.31. The van der Waals surface area contributed by atoms with Crippen molar-refractivity contribution in [2.75, 3.05) is 13.6 Å². The van der Waals surface area contributed by atoms with Gasteiger partial charge in [0.25, 0.3) is 0 Å². The second-order valence-corrected chi connectivity index (χ2v) is 5.28. The molecule has 0 saturated heterocycles. The molecule has 0 spiro atoms. The molecule has 0 atom stereocenters. The third kappa shape index (κ3) is 3.85. The van der Waals surface area contributed by atoms with Gasteiger partial charge >= 0.3 is 0 Å². The van der Waals surface area contributed by atoms with Crippen LogP contribution >= 0.6 is 0 Å². The molecule has 0 unspecified atom stereocenters. The maximum Gasteiger partial charge on any atom is -0.00114 e. The highest BCUT2D eigenvalue weighted by atomic mass is 14.8. The van der Waals surface area contributed by atoms with Gasteiger partial charge in [0.05, 0.1) is 0 Å². The summed E-state index contributed by atoms with van der Waals surface area (Å²) in [6.45, 7) is 1.07. The number of hydrogen-bond acceptors (Lipinski definition) is 1. The zero-order valence-corrected chi connectivity index (χ0v) is 11.0. The fraction of sp³-hybridized carbons (Fsp3) is 0.625. The molecule has 0 amide bonds. The lowest BCUT2D eigenvalue weighted by molar-refractivity contribution is 0.592. The molecule has 17 heavy (non-hydrogen) atoms. The molecule has 94 valence electrons. The van der Waals surface area contributed by atoms with Crippen molar-refractivity contribution in [3.8, 4) is 0 Å². The minimum absolute atomic E-state index is 0.829. The first-order valence-corrected chi connectivity index (χ1v) is 7.13. The summed E-state index contributed by atoms with van der Waals surface area (Å²) in [5.41, 5.74) is 3.02. The Bertz CT molecular complexity index is 307. The van der Waals surface area contributed by atoms with Gasteiger partial charge in [0.1, 0.15) is 0 Å². The van der Waals surface area contributed by atoms with Crippen molar-refractivity contribution < 1.29 is 0 Å². The smallest absolute Gasteiger partial charge is 0.00114 e. The fourth-order valence-corrected chi connectivity index (χ4v) is 2.84. The molecule has 0 heterocycles. The second kappa shape index (κ2) is 6.80. The summed E-state index contributed by atoms with van der Waals surface area (Å²) in [5, 5.41) is 3.20. The molecule has 0 bridgehead atoms. The molecule has 1 aliphatic rings. The largest absolute Gasteiger partial charge is 0.319 e. The molecular weight excluding hydrogens is 206 g/mol. The van der Waals surface area contributed by atoms with Crippen LogP contribution in [0.25, 0.3) is 0 Å². The summed E-state index contributed by atoms with van der Waals surface area (Å²) >= 11 is 0. The molecule has 1 fully saturated rings. The van der Waals surface area contributed by atoms with Gasteiger partial charge in [0.2, 0.25) is 0 Å². The Kier molecular flexibility index (Phi) is 5.06. The molecule has 1 heteroatoms. The van der Waals surface area contributed by atoms with E-state index in [2.05, 4.69) is 29.6 Å². The molecule has 0 aromatic heterocycles. The summed E-state index contributed by atoms with van der Waals surface area (Å²) in [5.74, 6) is 0.829. The average molecular weight is 231 g/mol. The van der Waals surface area contributed by atoms with Crippen LogP contribution in [0.4, 0.5) is 0 Å². The van der Waals surface area contributed by atoms with E-state index in [1.165, 1.54) is 44.1 Å². The van der Waals surface area contributed by atoms with E-state index in [0.717, 1.165) is 18.9 Å². The normalized spacial score (nSPS) is 17.9. The first-order valence-electron chi connectivity index (χ1n) is 7.13. The molecular formula is C16H25N. The van der Waals surface area contributed by atoms with E-state index in [1.54, 1.807) is 5.56 Å². The number of nitrogens with one attached hydrogen (secondary N) is 1. The molecule has 1 nitrogen and oxygen atoms in total. The minimum atomic E-state index is 0.829. The zero-order chi connectivity index (χ0) is 11.9. The van der Waals surface area contributed by atoms with Gasteiger partial charge in [-0.25, -0.2) is 0 Å². The van der Waals surface area contributed by atoms with Crippen molar-refractivity contribution in [1.29, 1.82) is 0 Å². The van der Waals surface area contributed by atoms with Gasteiger partial charge in [-0.15, -0.1) is 0 Å². The van der Waals surface area contributed by atoms with Crippen molar-refractivity contribution in [2.45, 2.75) is 50.9 Å². The molecule has 2 rings (SSSR count). The van der Waals surface area contributed by atoms with Crippen LogP contribution in [0.1, 0.15) is 55.6 Å². The Hall–Kier alpha value is -0.820. The lowest BCUT2D eigenvalue weighted by Gasteiger charge is -2.14. The van der Waals surface area contributed by atoms with E-state index < -0.39 is 0 Å². The van der Waals surface area contributed by atoms with Gasteiger partial charge in [-0.1, -0.05) is 49.9 Å². The quantitative estimate of drug-likeness (QED) is 0.775. The van der Waals surface area contributed by atoms with E-state index in [0.29, 0.717) is 0 Å². The lowest BCUT2D eigenvalue weighted by atomic mass is 9.91. The number of rotatable bonds is 4. The van der Waals surface area contributed by atoms with Crippen LogP contribution in [-0.2, 0) is 6.42 Å². The number of hydrogen-bond donors (Lipinski definition) is 1. The molecule has 1 aromatic carbocycles. The summed E-state index contributed by atoms with van der Waals surface area (Å²) in [6, 6.07) is 9.36. The predicted octanol–water partition coefficient (Wildman–Crippen LogP) is 3.89. The third-order valence-electron chi connectivity index (χ3n) is 3.97. The van der Waals surface area contributed by atoms with Gasteiger partial charge in [-0.05, 0) is 49.9 Å². The van der Waals surface area contributed by atoms with Crippen LogP contribution in [0.2, 0.25) is 0 Å². The minimum Gasteiger partial charge on any atom is -0.319 e. The van der Waals surface area contributed by atoms with Gasteiger partial charge in [0.15, 0.2) is 0 Å². The summed E-state index contributed by atoms with van der Waals surface area (Å²) in [7, 11) is 2.01. The van der Waals surface area contributed by atoms with Gasteiger partial charge in [0, 0.05) is 0 Å². The fourth-order valence-electron chi connectivity index (χ4n) is 2.84. The van der Waals surface area contributed by atoms with E-state index >= 15 is 0 Å². The number of benzene rings is 1. The maximum atomic E-state index is 3.20. The van der Waals surface area contributed by atoms with Crippen LogP contribution < -0.4 is 5.32 Å². The molecule has 1 aromatic rings. The summed E-state index contributed by atoms with van der Waals surface area (Å²) < 4.78 is 0. The monoisotopic (exact) mass is 231 g/mol. The van der Waals surface area contributed by atoms with Gasteiger partial charge in [-0.2, -0.15) is 0 Å².